The van der Waals surface area contributed by atoms with Crippen LogP contribution in [0.25, 0.3) is 0 Å². The number of amides is 1. The lowest BCUT2D eigenvalue weighted by Crippen LogP contribution is -2.42. The number of nitrogens with zero attached hydrogens (tertiary/aromatic N) is 1. The van der Waals surface area contributed by atoms with Crippen molar-refractivity contribution < 1.29 is 4.79 Å². The first kappa shape index (κ1) is 13.9. The number of benzene rings is 1. The van der Waals surface area contributed by atoms with Gasteiger partial charge in [0.2, 0.25) is 0 Å². The van der Waals surface area contributed by atoms with Crippen LogP contribution >= 0.6 is 27.5 Å². The van der Waals surface area contributed by atoms with E-state index in [9.17, 15) is 4.79 Å². The second-order valence-corrected chi connectivity index (χ2v) is 6.49. The van der Waals surface area contributed by atoms with Crippen molar-refractivity contribution in [2.45, 2.75) is 20.3 Å². The smallest absolute Gasteiger partial charge is 0.255 e. The van der Waals surface area contributed by atoms with E-state index in [1.165, 1.54) is 6.42 Å². The minimum Gasteiger partial charge on any atom is -0.338 e. The fourth-order valence-electron chi connectivity index (χ4n) is 2.67. The highest BCUT2D eigenvalue weighted by Crippen LogP contribution is 2.29. The van der Waals surface area contributed by atoms with Crippen LogP contribution in [0.2, 0.25) is 5.02 Å². The molecule has 0 saturated carbocycles. The number of halogens is 2. The Bertz CT molecular complexity index is 453. The number of hydrogen-bond donors (Lipinski definition) is 0. The van der Waals surface area contributed by atoms with Crippen molar-refractivity contribution in [1.29, 1.82) is 0 Å². The van der Waals surface area contributed by atoms with Crippen LogP contribution in [0.3, 0.4) is 0 Å². The van der Waals surface area contributed by atoms with Crippen molar-refractivity contribution in [3.05, 3.63) is 33.3 Å². The van der Waals surface area contributed by atoms with E-state index in [-0.39, 0.29) is 5.91 Å². The van der Waals surface area contributed by atoms with E-state index < -0.39 is 0 Å². The van der Waals surface area contributed by atoms with Gasteiger partial charge in [0, 0.05) is 17.6 Å². The molecule has 2 atom stereocenters. The third kappa shape index (κ3) is 2.89. The zero-order valence-corrected chi connectivity index (χ0v) is 13.0. The molecule has 1 saturated heterocycles. The Morgan fingerprint density at radius 3 is 2.56 bits per heavy atom. The van der Waals surface area contributed by atoms with Gasteiger partial charge in [-0.05, 0) is 46.3 Å². The van der Waals surface area contributed by atoms with Gasteiger partial charge in [-0.2, -0.15) is 0 Å². The number of likely N-dealkylation sites (tertiary alicyclic amines) is 1. The van der Waals surface area contributed by atoms with Gasteiger partial charge in [-0.15, -0.1) is 0 Å². The van der Waals surface area contributed by atoms with Gasteiger partial charge in [-0.25, -0.2) is 0 Å². The molecule has 18 heavy (non-hydrogen) atoms. The summed E-state index contributed by atoms with van der Waals surface area (Å²) >= 11 is 9.55. The van der Waals surface area contributed by atoms with Crippen molar-refractivity contribution in [1.82, 2.24) is 4.90 Å². The topological polar surface area (TPSA) is 20.3 Å². The highest BCUT2D eigenvalue weighted by Gasteiger charge is 2.27. The molecule has 0 N–H and O–H groups in total. The summed E-state index contributed by atoms with van der Waals surface area (Å²) in [6, 6.07) is 5.49. The Balaban J connectivity index is 2.23. The molecule has 1 aliphatic rings. The summed E-state index contributed by atoms with van der Waals surface area (Å²) in [5, 5.41) is 0.508. The summed E-state index contributed by atoms with van der Waals surface area (Å²) < 4.78 is 0.771. The van der Waals surface area contributed by atoms with Crippen molar-refractivity contribution in [2.75, 3.05) is 13.1 Å². The summed E-state index contributed by atoms with van der Waals surface area (Å²) in [6.07, 6.45) is 1.19. The standard InChI is InChI=1S/C14H17BrClNO/c1-9-6-10(2)8-17(7-9)14(18)11-4-3-5-12(15)13(11)16/h3-5,9-10H,6-8H2,1-2H3. The summed E-state index contributed by atoms with van der Waals surface area (Å²) in [6.45, 7) is 6.04. The summed E-state index contributed by atoms with van der Waals surface area (Å²) in [5.41, 5.74) is 0.590. The zero-order chi connectivity index (χ0) is 13.3. The maximum atomic E-state index is 12.5. The van der Waals surface area contributed by atoms with Gasteiger partial charge in [-0.3, -0.25) is 4.79 Å². The van der Waals surface area contributed by atoms with Gasteiger partial charge in [0.05, 0.1) is 10.6 Å². The molecule has 1 amide bonds. The Morgan fingerprint density at radius 2 is 1.94 bits per heavy atom. The minimum absolute atomic E-state index is 0.0414. The Labute approximate surface area is 121 Å². The lowest BCUT2D eigenvalue weighted by molar-refractivity contribution is 0.0623. The first-order valence-electron chi connectivity index (χ1n) is 6.22. The Kier molecular flexibility index (Phi) is 4.33. The van der Waals surface area contributed by atoms with E-state index >= 15 is 0 Å². The molecular weight excluding hydrogens is 314 g/mol. The SMILES string of the molecule is CC1CC(C)CN(C(=O)c2cccc(Br)c2Cl)C1. The van der Waals surface area contributed by atoms with Crippen LogP contribution < -0.4 is 0 Å². The quantitative estimate of drug-likeness (QED) is 0.755. The third-order valence-corrected chi connectivity index (χ3v) is 4.63. The molecule has 0 radical (unpaired) electrons. The van der Waals surface area contributed by atoms with Crippen LogP contribution in [-0.2, 0) is 0 Å². The van der Waals surface area contributed by atoms with Crippen LogP contribution in [0.15, 0.2) is 22.7 Å². The van der Waals surface area contributed by atoms with Crippen molar-refractivity contribution in [2.24, 2.45) is 11.8 Å². The van der Waals surface area contributed by atoms with Gasteiger partial charge < -0.3 is 4.90 Å². The summed E-state index contributed by atoms with van der Waals surface area (Å²) in [4.78, 5) is 14.4. The molecule has 1 aromatic rings. The predicted octanol–water partition coefficient (Wildman–Crippen LogP) is 4.22. The van der Waals surface area contributed by atoms with Crippen LogP contribution in [0.5, 0.6) is 0 Å². The number of hydrogen-bond acceptors (Lipinski definition) is 1. The number of rotatable bonds is 1. The predicted molar refractivity (Wildman–Crippen MR) is 78.0 cm³/mol. The van der Waals surface area contributed by atoms with Gasteiger partial charge >= 0.3 is 0 Å². The molecule has 1 aromatic carbocycles. The molecule has 98 valence electrons. The monoisotopic (exact) mass is 329 g/mol. The maximum Gasteiger partial charge on any atom is 0.255 e. The summed E-state index contributed by atoms with van der Waals surface area (Å²) in [7, 11) is 0. The lowest BCUT2D eigenvalue weighted by Gasteiger charge is -2.35. The first-order valence-corrected chi connectivity index (χ1v) is 7.39. The van der Waals surface area contributed by atoms with Crippen molar-refractivity contribution in [3.63, 3.8) is 0 Å². The van der Waals surface area contributed by atoms with Crippen LogP contribution in [0.4, 0.5) is 0 Å². The molecule has 2 rings (SSSR count). The van der Waals surface area contributed by atoms with E-state index in [1.807, 2.05) is 17.0 Å². The maximum absolute atomic E-state index is 12.5. The Hall–Kier alpha value is -0.540. The van der Waals surface area contributed by atoms with Crippen LogP contribution in [-0.4, -0.2) is 23.9 Å². The van der Waals surface area contributed by atoms with Crippen molar-refractivity contribution >= 4 is 33.4 Å². The number of carbonyl (C=O) groups is 1. The zero-order valence-electron chi connectivity index (χ0n) is 10.6. The minimum atomic E-state index is 0.0414. The molecule has 0 spiro atoms. The molecule has 1 aliphatic heterocycles. The van der Waals surface area contributed by atoms with Crippen LogP contribution in [0.1, 0.15) is 30.6 Å². The molecule has 4 heteroatoms. The highest BCUT2D eigenvalue weighted by molar-refractivity contribution is 9.10. The molecule has 0 aliphatic carbocycles. The van der Waals surface area contributed by atoms with E-state index in [4.69, 9.17) is 11.6 Å². The van der Waals surface area contributed by atoms with Crippen LogP contribution in [0, 0.1) is 11.8 Å². The molecule has 2 nitrogen and oxygen atoms in total. The fraction of sp³-hybridized carbons (Fsp3) is 0.500. The molecule has 0 aromatic heterocycles. The van der Waals surface area contributed by atoms with Gasteiger partial charge in [0.25, 0.3) is 5.91 Å². The molecular formula is C14H17BrClNO. The molecule has 2 unspecified atom stereocenters. The molecule has 1 heterocycles. The fourth-order valence-corrected chi connectivity index (χ4v) is 3.24. The average molecular weight is 331 g/mol. The number of piperidine rings is 1. The van der Waals surface area contributed by atoms with Gasteiger partial charge in [0.1, 0.15) is 0 Å². The highest BCUT2D eigenvalue weighted by atomic mass is 79.9. The second kappa shape index (κ2) is 5.62. The molecule has 1 fully saturated rings. The normalized spacial score (nSPS) is 24.1. The van der Waals surface area contributed by atoms with E-state index in [0.29, 0.717) is 22.4 Å². The van der Waals surface area contributed by atoms with Gasteiger partial charge in [0.15, 0.2) is 0 Å². The summed E-state index contributed by atoms with van der Waals surface area (Å²) in [5.74, 6) is 1.16. The Morgan fingerprint density at radius 1 is 1.33 bits per heavy atom. The van der Waals surface area contributed by atoms with E-state index in [1.54, 1.807) is 6.07 Å². The second-order valence-electron chi connectivity index (χ2n) is 5.26. The van der Waals surface area contributed by atoms with Gasteiger partial charge in [-0.1, -0.05) is 31.5 Å². The third-order valence-electron chi connectivity index (χ3n) is 3.34. The first-order chi connectivity index (χ1) is 8.49. The largest absolute Gasteiger partial charge is 0.338 e. The number of carbonyl (C=O) groups excluding carboxylic acids is 1. The average Bonchev–Trinajstić information content (AvgIpc) is 2.30. The van der Waals surface area contributed by atoms with E-state index in [0.717, 1.165) is 17.6 Å². The van der Waals surface area contributed by atoms with Crippen molar-refractivity contribution in [3.8, 4) is 0 Å². The van der Waals surface area contributed by atoms with E-state index in [2.05, 4.69) is 29.8 Å². The lowest BCUT2D eigenvalue weighted by atomic mass is 9.91. The molecule has 0 bridgehead atoms.